The molecule has 2 aromatic carbocycles. The first kappa shape index (κ1) is 17.3. The number of halogens is 1. The fraction of sp³-hybridized carbons (Fsp3) is 0. The van der Waals surface area contributed by atoms with Gasteiger partial charge in [0.05, 0.1) is 20.3 Å². The summed E-state index contributed by atoms with van der Waals surface area (Å²) in [5.41, 5.74) is 2.13. The molecule has 4 aromatic rings. The normalized spacial score (nSPS) is 10.3. The summed E-state index contributed by atoms with van der Waals surface area (Å²) in [4.78, 5) is 14.5. The molecule has 0 radical (unpaired) electrons. The van der Waals surface area contributed by atoms with E-state index in [2.05, 4.69) is 16.9 Å². The van der Waals surface area contributed by atoms with Crippen LogP contribution in [0.1, 0.15) is 20.8 Å². The summed E-state index contributed by atoms with van der Waals surface area (Å²) in [5.74, 6) is 6.05. The van der Waals surface area contributed by atoms with Gasteiger partial charge in [0.25, 0.3) is 5.91 Å². The summed E-state index contributed by atoms with van der Waals surface area (Å²) in [5, 5.41) is 4.81. The average molecular weight is 389 g/mol. The zero-order chi connectivity index (χ0) is 18.6. The van der Waals surface area contributed by atoms with Crippen LogP contribution in [0.2, 0.25) is 5.02 Å². The summed E-state index contributed by atoms with van der Waals surface area (Å²) in [6, 6.07) is 22.5. The number of aromatic nitrogens is 2. The van der Waals surface area contributed by atoms with Crippen LogP contribution in [-0.2, 0) is 0 Å². The summed E-state index contributed by atoms with van der Waals surface area (Å²) < 4.78 is 1.31. The maximum atomic E-state index is 12.6. The highest BCUT2D eigenvalue weighted by Crippen LogP contribution is 2.26. The lowest BCUT2D eigenvalue weighted by Crippen LogP contribution is -2.13. The molecule has 0 N–H and O–H groups in total. The van der Waals surface area contributed by atoms with Crippen LogP contribution >= 0.6 is 22.9 Å². The van der Waals surface area contributed by atoms with Gasteiger partial charge in [0.2, 0.25) is 0 Å². The van der Waals surface area contributed by atoms with Gasteiger partial charge in [-0.3, -0.25) is 4.79 Å². The van der Waals surface area contributed by atoms with Crippen LogP contribution < -0.4 is 0 Å². The van der Waals surface area contributed by atoms with Gasteiger partial charge in [-0.15, -0.1) is 11.3 Å². The van der Waals surface area contributed by atoms with E-state index in [1.165, 1.54) is 4.68 Å². The molecular weight excluding hydrogens is 376 g/mol. The SMILES string of the molecule is O=C(c1ccccc1Cl)n1ccc(-c2ccc(C#Cc3ccccc3)s2)n1. The van der Waals surface area contributed by atoms with Gasteiger partial charge in [0, 0.05) is 11.8 Å². The Balaban J connectivity index is 1.56. The molecule has 4 rings (SSSR count). The Morgan fingerprint density at radius 2 is 1.70 bits per heavy atom. The van der Waals surface area contributed by atoms with Gasteiger partial charge in [-0.2, -0.15) is 5.10 Å². The molecule has 0 spiro atoms. The maximum Gasteiger partial charge on any atom is 0.279 e. The number of nitrogens with zero attached hydrogens (tertiary/aromatic N) is 2. The fourth-order valence-electron chi connectivity index (χ4n) is 2.52. The Kier molecular flexibility index (Phi) is 4.88. The minimum absolute atomic E-state index is 0.257. The van der Waals surface area contributed by atoms with Crippen LogP contribution in [0.5, 0.6) is 0 Å². The van der Waals surface area contributed by atoms with E-state index in [-0.39, 0.29) is 5.91 Å². The highest BCUT2D eigenvalue weighted by molar-refractivity contribution is 7.16. The van der Waals surface area contributed by atoms with Crippen molar-refractivity contribution >= 4 is 28.8 Å². The predicted molar refractivity (Wildman–Crippen MR) is 109 cm³/mol. The van der Waals surface area contributed by atoms with Crippen LogP contribution in [0.25, 0.3) is 10.6 Å². The lowest BCUT2D eigenvalue weighted by Gasteiger charge is -2.02. The van der Waals surface area contributed by atoms with Gasteiger partial charge < -0.3 is 0 Å². The minimum Gasteiger partial charge on any atom is -0.267 e. The Labute approximate surface area is 165 Å². The van der Waals surface area contributed by atoms with E-state index in [9.17, 15) is 4.79 Å². The monoisotopic (exact) mass is 388 g/mol. The van der Waals surface area contributed by atoms with Crippen molar-refractivity contribution in [2.75, 3.05) is 0 Å². The number of carbonyl (C=O) groups is 1. The van der Waals surface area contributed by atoms with E-state index in [1.54, 1.807) is 41.8 Å². The smallest absolute Gasteiger partial charge is 0.267 e. The van der Waals surface area contributed by atoms with E-state index in [0.717, 1.165) is 21.0 Å². The number of thiophene rings is 1. The van der Waals surface area contributed by atoms with Crippen LogP contribution in [0.3, 0.4) is 0 Å². The Morgan fingerprint density at radius 3 is 2.52 bits per heavy atom. The van der Waals surface area contributed by atoms with E-state index in [1.807, 2.05) is 48.5 Å². The van der Waals surface area contributed by atoms with Crippen molar-refractivity contribution in [2.24, 2.45) is 0 Å². The zero-order valence-corrected chi connectivity index (χ0v) is 15.7. The number of carbonyl (C=O) groups excluding carboxylic acids is 1. The standard InChI is InChI=1S/C22H13ClN2OS/c23-19-9-5-4-8-18(19)22(26)25-15-14-20(24-25)21-13-12-17(27-21)11-10-16-6-2-1-3-7-16/h1-9,12-15H. The van der Waals surface area contributed by atoms with E-state index in [0.29, 0.717) is 10.6 Å². The van der Waals surface area contributed by atoms with Gasteiger partial charge in [0.15, 0.2) is 0 Å². The lowest BCUT2D eigenvalue weighted by molar-refractivity contribution is 0.0945. The van der Waals surface area contributed by atoms with Crippen LogP contribution in [0.4, 0.5) is 0 Å². The average Bonchev–Trinajstić information content (AvgIpc) is 3.36. The molecule has 0 bridgehead atoms. The number of hydrogen-bond acceptors (Lipinski definition) is 3. The minimum atomic E-state index is -0.257. The van der Waals surface area contributed by atoms with Gasteiger partial charge in [-0.05, 0) is 42.5 Å². The van der Waals surface area contributed by atoms with Gasteiger partial charge in [0.1, 0.15) is 5.69 Å². The number of benzene rings is 2. The summed E-state index contributed by atoms with van der Waals surface area (Å²) in [6.45, 7) is 0. The van der Waals surface area contributed by atoms with Crippen molar-refractivity contribution in [3.63, 3.8) is 0 Å². The molecule has 0 atom stereocenters. The highest BCUT2D eigenvalue weighted by Gasteiger charge is 2.14. The lowest BCUT2D eigenvalue weighted by atomic mass is 10.2. The first-order valence-corrected chi connectivity index (χ1v) is 9.42. The van der Waals surface area contributed by atoms with Crippen molar-refractivity contribution < 1.29 is 4.79 Å². The fourth-order valence-corrected chi connectivity index (χ4v) is 3.57. The Hall–Kier alpha value is -3.13. The summed E-state index contributed by atoms with van der Waals surface area (Å²) in [7, 11) is 0. The molecule has 5 heteroatoms. The Bertz CT molecular complexity index is 1170. The molecule has 3 nitrogen and oxygen atoms in total. The third-order valence-electron chi connectivity index (χ3n) is 3.86. The topological polar surface area (TPSA) is 34.9 Å². The summed E-state index contributed by atoms with van der Waals surface area (Å²) in [6.07, 6.45) is 1.65. The molecule has 0 aliphatic rings. The molecule has 2 heterocycles. The second kappa shape index (κ2) is 7.63. The third-order valence-corrected chi connectivity index (χ3v) is 5.22. The zero-order valence-electron chi connectivity index (χ0n) is 14.1. The largest absolute Gasteiger partial charge is 0.279 e. The Morgan fingerprint density at radius 1 is 0.926 bits per heavy atom. The van der Waals surface area contributed by atoms with Gasteiger partial charge >= 0.3 is 0 Å². The molecule has 0 unspecified atom stereocenters. The van der Waals surface area contributed by atoms with Crippen molar-refractivity contribution in [1.29, 1.82) is 0 Å². The molecule has 27 heavy (non-hydrogen) atoms. The molecule has 0 fully saturated rings. The van der Waals surface area contributed by atoms with E-state index < -0.39 is 0 Å². The summed E-state index contributed by atoms with van der Waals surface area (Å²) >= 11 is 7.65. The molecule has 2 aromatic heterocycles. The van der Waals surface area contributed by atoms with Crippen molar-refractivity contribution in [3.05, 3.63) is 100 Å². The van der Waals surface area contributed by atoms with Gasteiger partial charge in [-0.1, -0.05) is 53.8 Å². The van der Waals surface area contributed by atoms with Crippen molar-refractivity contribution in [3.8, 4) is 22.4 Å². The molecule has 130 valence electrons. The van der Waals surface area contributed by atoms with Crippen LogP contribution in [-0.4, -0.2) is 15.7 Å². The van der Waals surface area contributed by atoms with Crippen LogP contribution in [0.15, 0.2) is 79.0 Å². The highest BCUT2D eigenvalue weighted by atomic mass is 35.5. The van der Waals surface area contributed by atoms with E-state index in [4.69, 9.17) is 11.6 Å². The third kappa shape index (κ3) is 3.85. The first-order chi connectivity index (χ1) is 13.2. The van der Waals surface area contributed by atoms with Crippen molar-refractivity contribution in [1.82, 2.24) is 9.78 Å². The van der Waals surface area contributed by atoms with E-state index >= 15 is 0 Å². The molecule has 0 amide bonds. The van der Waals surface area contributed by atoms with Gasteiger partial charge in [-0.25, -0.2) is 4.68 Å². The predicted octanol–water partition coefficient (Wildman–Crippen LogP) is 5.35. The molecule has 0 saturated carbocycles. The molecule has 0 aliphatic carbocycles. The molecule has 0 aliphatic heterocycles. The number of rotatable bonds is 2. The molecule has 0 saturated heterocycles. The first-order valence-electron chi connectivity index (χ1n) is 8.23. The quantitative estimate of drug-likeness (QED) is 0.434. The second-order valence-corrected chi connectivity index (χ2v) is 7.20. The maximum absolute atomic E-state index is 12.6. The second-order valence-electron chi connectivity index (χ2n) is 5.71. The molecular formula is C22H13ClN2OS. The van der Waals surface area contributed by atoms with Crippen LogP contribution in [0, 0.1) is 11.8 Å². The van der Waals surface area contributed by atoms with Crippen molar-refractivity contribution in [2.45, 2.75) is 0 Å². The number of hydrogen-bond donors (Lipinski definition) is 0.